The number of hydrogen-bond donors (Lipinski definition) is 2. The van der Waals surface area contributed by atoms with Crippen LogP contribution in [0.4, 0.5) is 0 Å². The van der Waals surface area contributed by atoms with Crippen LogP contribution in [0.25, 0.3) is 0 Å². The molecule has 0 aliphatic rings. The van der Waals surface area contributed by atoms with Crippen molar-refractivity contribution < 1.29 is 5.11 Å². The van der Waals surface area contributed by atoms with E-state index in [1.54, 1.807) is 6.07 Å². The average molecular weight is 272 g/mol. The minimum atomic E-state index is 0.238. The van der Waals surface area contributed by atoms with Crippen molar-refractivity contribution in [2.24, 2.45) is 0 Å². The lowest BCUT2D eigenvalue weighted by atomic mass is 10.0. The lowest BCUT2D eigenvalue weighted by Gasteiger charge is -2.18. The molecule has 1 atom stereocenters. The quantitative estimate of drug-likeness (QED) is 0.858. The van der Waals surface area contributed by atoms with Crippen LogP contribution in [0.3, 0.4) is 0 Å². The molecule has 0 aliphatic carbocycles. The van der Waals surface area contributed by atoms with Crippen LogP contribution >= 0.6 is 15.9 Å². The third kappa shape index (κ3) is 3.50. The highest BCUT2D eigenvalue weighted by Gasteiger charge is 2.12. The first-order chi connectivity index (χ1) is 7.19. The van der Waals surface area contributed by atoms with Gasteiger partial charge in [0.05, 0.1) is 0 Å². The average Bonchev–Trinajstić information content (AvgIpc) is 2.24. The molecule has 0 aromatic heterocycles. The van der Waals surface area contributed by atoms with Gasteiger partial charge in [-0.2, -0.15) is 0 Å². The molecule has 1 rings (SSSR count). The van der Waals surface area contributed by atoms with Gasteiger partial charge in [0.2, 0.25) is 0 Å². The standard InChI is InChI=1S/C12H18BrNO/c1-3-7-14-11(4-2)10-8-9(13)5-6-12(10)15/h5-6,8,11,14-15H,3-4,7H2,1-2H3/t11-/m1/s1. The Kier molecular flexibility index (Phi) is 5.12. The molecular formula is C12H18BrNO. The Labute approximate surface area is 99.8 Å². The van der Waals surface area contributed by atoms with Gasteiger partial charge in [0.25, 0.3) is 0 Å². The molecule has 2 N–H and O–H groups in total. The van der Waals surface area contributed by atoms with Crippen LogP contribution in [0.1, 0.15) is 38.3 Å². The van der Waals surface area contributed by atoms with Crippen molar-refractivity contribution in [1.29, 1.82) is 0 Å². The molecule has 0 unspecified atom stereocenters. The first-order valence-electron chi connectivity index (χ1n) is 5.40. The molecule has 0 spiro atoms. The molecule has 15 heavy (non-hydrogen) atoms. The summed E-state index contributed by atoms with van der Waals surface area (Å²) in [5, 5.41) is 13.2. The summed E-state index contributed by atoms with van der Waals surface area (Å²) in [6, 6.07) is 5.80. The van der Waals surface area contributed by atoms with Crippen LogP contribution < -0.4 is 5.32 Å². The molecule has 0 aliphatic heterocycles. The van der Waals surface area contributed by atoms with E-state index in [4.69, 9.17) is 0 Å². The van der Waals surface area contributed by atoms with Crippen molar-refractivity contribution >= 4 is 15.9 Å². The Morgan fingerprint density at radius 3 is 2.73 bits per heavy atom. The Morgan fingerprint density at radius 2 is 2.13 bits per heavy atom. The van der Waals surface area contributed by atoms with Gasteiger partial charge in [-0.3, -0.25) is 0 Å². The summed E-state index contributed by atoms with van der Waals surface area (Å²) in [4.78, 5) is 0. The van der Waals surface area contributed by atoms with E-state index in [0.29, 0.717) is 5.75 Å². The van der Waals surface area contributed by atoms with E-state index in [2.05, 4.69) is 35.1 Å². The van der Waals surface area contributed by atoms with Crippen LogP contribution in [-0.2, 0) is 0 Å². The molecule has 84 valence electrons. The highest BCUT2D eigenvalue weighted by atomic mass is 79.9. The highest BCUT2D eigenvalue weighted by Crippen LogP contribution is 2.29. The Hall–Kier alpha value is -0.540. The number of phenolic OH excluding ortho intramolecular Hbond substituents is 1. The fourth-order valence-electron chi connectivity index (χ4n) is 1.60. The number of aromatic hydroxyl groups is 1. The van der Waals surface area contributed by atoms with Crippen LogP contribution in [-0.4, -0.2) is 11.7 Å². The molecular weight excluding hydrogens is 254 g/mol. The van der Waals surface area contributed by atoms with Gasteiger partial charge >= 0.3 is 0 Å². The zero-order chi connectivity index (χ0) is 11.3. The molecule has 1 aromatic carbocycles. The van der Waals surface area contributed by atoms with Gasteiger partial charge in [-0.25, -0.2) is 0 Å². The zero-order valence-corrected chi connectivity index (χ0v) is 10.8. The van der Waals surface area contributed by atoms with E-state index in [-0.39, 0.29) is 6.04 Å². The minimum absolute atomic E-state index is 0.238. The maximum absolute atomic E-state index is 9.77. The van der Waals surface area contributed by atoms with E-state index in [0.717, 1.165) is 29.4 Å². The molecule has 2 nitrogen and oxygen atoms in total. The molecule has 0 saturated heterocycles. The normalized spacial score (nSPS) is 12.7. The topological polar surface area (TPSA) is 32.3 Å². The molecule has 3 heteroatoms. The van der Waals surface area contributed by atoms with E-state index >= 15 is 0 Å². The SMILES string of the molecule is CCCN[C@H](CC)c1cc(Br)ccc1O. The molecule has 1 aromatic rings. The van der Waals surface area contributed by atoms with E-state index in [1.807, 2.05) is 12.1 Å². The van der Waals surface area contributed by atoms with E-state index < -0.39 is 0 Å². The summed E-state index contributed by atoms with van der Waals surface area (Å²) in [7, 11) is 0. The van der Waals surface area contributed by atoms with Gasteiger partial charge in [-0.1, -0.05) is 29.8 Å². The van der Waals surface area contributed by atoms with Gasteiger partial charge in [-0.15, -0.1) is 0 Å². The minimum Gasteiger partial charge on any atom is -0.508 e. The second-order valence-corrected chi connectivity index (χ2v) is 4.53. The second kappa shape index (κ2) is 6.13. The highest BCUT2D eigenvalue weighted by molar-refractivity contribution is 9.10. The van der Waals surface area contributed by atoms with Crippen LogP contribution in [0, 0.1) is 0 Å². The maximum atomic E-state index is 9.77. The smallest absolute Gasteiger partial charge is 0.120 e. The first kappa shape index (κ1) is 12.5. The van der Waals surface area contributed by atoms with Gasteiger partial charge in [0.15, 0.2) is 0 Å². The van der Waals surface area contributed by atoms with Crippen molar-refractivity contribution in [2.75, 3.05) is 6.54 Å². The van der Waals surface area contributed by atoms with Crippen LogP contribution in [0.5, 0.6) is 5.75 Å². The molecule has 0 bridgehead atoms. The molecule has 0 heterocycles. The Balaban J connectivity index is 2.85. The number of benzene rings is 1. The monoisotopic (exact) mass is 271 g/mol. The van der Waals surface area contributed by atoms with Crippen LogP contribution in [0.15, 0.2) is 22.7 Å². The van der Waals surface area contributed by atoms with E-state index in [1.165, 1.54) is 0 Å². The Bertz CT molecular complexity index is 314. The number of hydrogen-bond acceptors (Lipinski definition) is 2. The lowest BCUT2D eigenvalue weighted by Crippen LogP contribution is -2.21. The van der Waals surface area contributed by atoms with Gasteiger partial charge in [0.1, 0.15) is 5.75 Å². The van der Waals surface area contributed by atoms with Crippen molar-refractivity contribution in [3.8, 4) is 5.75 Å². The van der Waals surface area contributed by atoms with E-state index in [9.17, 15) is 5.11 Å². The maximum Gasteiger partial charge on any atom is 0.120 e. The number of halogens is 1. The fourth-order valence-corrected chi connectivity index (χ4v) is 1.98. The van der Waals surface area contributed by atoms with Crippen molar-refractivity contribution in [1.82, 2.24) is 5.32 Å². The predicted octanol–water partition coefficient (Wildman–Crippen LogP) is 3.61. The summed E-state index contributed by atoms with van der Waals surface area (Å²) in [5.74, 6) is 0.369. The summed E-state index contributed by atoms with van der Waals surface area (Å²) in [6.07, 6.45) is 2.08. The number of nitrogens with one attached hydrogen (secondary N) is 1. The lowest BCUT2D eigenvalue weighted by molar-refractivity contribution is 0.441. The summed E-state index contributed by atoms with van der Waals surface area (Å²) in [6.45, 7) is 5.23. The second-order valence-electron chi connectivity index (χ2n) is 3.62. The predicted molar refractivity (Wildman–Crippen MR) is 67.1 cm³/mol. The zero-order valence-electron chi connectivity index (χ0n) is 9.26. The largest absolute Gasteiger partial charge is 0.508 e. The summed E-state index contributed by atoms with van der Waals surface area (Å²) >= 11 is 3.42. The van der Waals surface area contributed by atoms with Gasteiger partial charge in [-0.05, 0) is 37.6 Å². The van der Waals surface area contributed by atoms with Crippen molar-refractivity contribution in [3.63, 3.8) is 0 Å². The summed E-state index contributed by atoms with van der Waals surface area (Å²) < 4.78 is 1.01. The molecule has 0 radical (unpaired) electrons. The van der Waals surface area contributed by atoms with Crippen molar-refractivity contribution in [3.05, 3.63) is 28.2 Å². The molecule has 0 fully saturated rings. The molecule has 0 amide bonds. The van der Waals surface area contributed by atoms with Gasteiger partial charge < -0.3 is 10.4 Å². The number of phenols is 1. The summed E-state index contributed by atoms with van der Waals surface area (Å²) in [5.41, 5.74) is 0.973. The Morgan fingerprint density at radius 1 is 1.40 bits per heavy atom. The third-order valence-electron chi connectivity index (χ3n) is 2.41. The first-order valence-corrected chi connectivity index (χ1v) is 6.20. The molecule has 0 saturated carbocycles. The fraction of sp³-hybridized carbons (Fsp3) is 0.500. The van der Waals surface area contributed by atoms with Gasteiger partial charge in [0, 0.05) is 16.1 Å². The number of rotatable bonds is 5. The van der Waals surface area contributed by atoms with Crippen molar-refractivity contribution in [2.45, 2.75) is 32.7 Å². The van der Waals surface area contributed by atoms with Crippen LogP contribution in [0.2, 0.25) is 0 Å². The third-order valence-corrected chi connectivity index (χ3v) is 2.91.